The van der Waals surface area contributed by atoms with Crippen LogP contribution in [-0.4, -0.2) is 74.3 Å². The number of hydrogen-bond donors (Lipinski definition) is 1. The third kappa shape index (κ3) is 11.9. The molecule has 0 aromatic carbocycles. The number of ether oxygens (including phenoxy) is 3. The van der Waals surface area contributed by atoms with E-state index in [1.165, 1.54) is 121 Å². The van der Waals surface area contributed by atoms with E-state index in [1.54, 1.807) is 6.08 Å². The van der Waals surface area contributed by atoms with E-state index >= 15 is 0 Å². The van der Waals surface area contributed by atoms with Crippen molar-refractivity contribution >= 4 is 11.9 Å². The lowest BCUT2D eigenvalue weighted by Crippen LogP contribution is -3.00. The van der Waals surface area contributed by atoms with Crippen LogP contribution in [0.15, 0.2) is 11.6 Å². The summed E-state index contributed by atoms with van der Waals surface area (Å²) >= 11 is 0. The van der Waals surface area contributed by atoms with Gasteiger partial charge in [0.05, 0.1) is 27.6 Å². The zero-order valence-electron chi connectivity index (χ0n) is 35.4. The molecular weight excluding hydrogens is 698 g/mol. The van der Waals surface area contributed by atoms with Gasteiger partial charge < -0.3 is 36.2 Å². The van der Waals surface area contributed by atoms with Crippen molar-refractivity contribution in [1.29, 1.82) is 0 Å². The molecule has 0 bridgehead atoms. The molecule has 8 heteroatoms. The molecule has 0 aromatic heterocycles. The topological polar surface area (TPSA) is 82.1 Å². The summed E-state index contributed by atoms with van der Waals surface area (Å²) in [7, 11) is 6.42. The van der Waals surface area contributed by atoms with Crippen molar-refractivity contribution in [2.45, 2.75) is 187 Å². The number of quaternary nitrogens is 1. The number of aliphatic hydroxyl groups is 1. The molecule has 1 N–H and O–H groups in total. The molecule has 0 aromatic rings. The van der Waals surface area contributed by atoms with Crippen LogP contribution in [0.1, 0.15) is 175 Å². The molecule has 0 spiro atoms. The molecule has 4 fully saturated rings. The number of unbranched alkanes of at least 4 members (excludes halogenated alkanes) is 13. The molecule has 0 amide bonds. The highest BCUT2D eigenvalue weighted by atomic mass is 35.5. The normalized spacial score (nSPS) is 33.9. The van der Waals surface area contributed by atoms with Gasteiger partial charge in [-0.2, -0.15) is 0 Å². The van der Waals surface area contributed by atoms with Gasteiger partial charge >= 0.3 is 11.9 Å². The van der Waals surface area contributed by atoms with Crippen molar-refractivity contribution in [2.24, 2.45) is 40.4 Å². The predicted octanol–water partition coefficient (Wildman–Crippen LogP) is 7.33. The number of esters is 2. The first-order valence-corrected chi connectivity index (χ1v) is 22.5. The molecule has 4 aliphatic carbocycles. The highest BCUT2D eigenvalue weighted by Crippen LogP contribution is 2.69. The fraction of sp³-hybridized carbons (Fsp3) is 0.913. The predicted molar refractivity (Wildman–Crippen MR) is 213 cm³/mol. The summed E-state index contributed by atoms with van der Waals surface area (Å²) in [6.45, 7) is 9.16. The Balaban J connectivity index is 0.00000650. The molecule has 1 aliphatic heterocycles. The van der Waals surface area contributed by atoms with Crippen LogP contribution in [-0.2, 0) is 23.8 Å². The molecule has 54 heavy (non-hydrogen) atoms. The summed E-state index contributed by atoms with van der Waals surface area (Å²) in [5.74, 6) is 0.976. The lowest BCUT2D eigenvalue weighted by Gasteiger charge is -2.61. The average Bonchev–Trinajstić information content (AvgIpc) is 3.68. The van der Waals surface area contributed by atoms with Gasteiger partial charge in [0.1, 0.15) is 19.3 Å². The third-order valence-corrected chi connectivity index (χ3v) is 15.1. The van der Waals surface area contributed by atoms with E-state index in [0.29, 0.717) is 60.1 Å². The minimum atomic E-state index is -1.38. The molecule has 1 unspecified atom stereocenters. The van der Waals surface area contributed by atoms with Crippen LogP contribution in [0.4, 0.5) is 0 Å². The molecule has 5 aliphatic rings. The van der Waals surface area contributed by atoms with Crippen LogP contribution in [0.25, 0.3) is 0 Å². The SMILES string of the molecule is CCCCCCCCCCCCCCCCOC(CC(=O)O[C@]1(O)CC[C@@]2(C)[C@H](CC[C@@H]3[C@@H]2CC[C@]2(C)[C@@H](C4=CC(=O)OC4)CC[C@@H]32)C1)C[N+](C)(C)C.[Cl-]. The Bertz CT molecular complexity index is 1220. The summed E-state index contributed by atoms with van der Waals surface area (Å²) in [5.41, 5.74) is 1.63. The second kappa shape index (κ2) is 20.5. The van der Waals surface area contributed by atoms with Gasteiger partial charge in [-0.25, -0.2) is 4.79 Å². The Hall–Kier alpha value is -1.15. The van der Waals surface area contributed by atoms with E-state index in [0.717, 1.165) is 25.8 Å². The number of nitrogens with zero attached hydrogens (tertiary/aromatic N) is 1. The van der Waals surface area contributed by atoms with Crippen LogP contribution in [0.5, 0.6) is 0 Å². The largest absolute Gasteiger partial charge is 1.00 e. The van der Waals surface area contributed by atoms with Crippen molar-refractivity contribution in [3.05, 3.63) is 11.6 Å². The van der Waals surface area contributed by atoms with E-state index in [9.17, 15) is 14.7 Å². The summed E-state index contributed by atoms with van der Waals surface area (Å²) < 4.78 is 18.4. The van der Waals surface area contributed by atoms with Crippen molar-refractivity contribution in [2.75, 3.05) is 40.9 Å². The van der Waals surface area contributed by atoms with E-state index in [2.05, 4.69) is 41.9 Å². The molecule has 312 valence electrons. The first-order chi connectivity index (χ1) is 25.3. The van der Waals surface area contributed by atoms with Gasteiger partial charge in [-0.3, -0.25) is 4.79 Å². The van der Waals surface area contributed by atoms with E-state index < -0.39 is 5.79 Å². The smallest absolute Gasteiger partial charge is 0.331 e. The number of carbonyl (C=O) groups excluding carboxylic acids is 2. The highest BCUT2D eigenvalue weighted by molar-refractivity contribution is 5.85. The number of likely N-dealkylation sites (N-methyl/N-ethyl adjacent to an activating group) is 1. The van der Waals surface area contributed by atoms with Gasteiger partial charge in [0.2, 0.25) is 5.79 Å². The Morgan fingerprint density at radius 3 is 2.04 bits per heavy atom. The summed E-state index contributed by atoms with van der Waals surface area (Å²) in [4.78, 5) is 25.4. The second-order valence-corrected chi connectivity index (χ2v) is 20.0. The first-order valence-electron chi connectivity index (χ1n) is 22.5. The molecule has 4 saturated carbocycles. The molecule has 7 nitrogen and oxygen atoms in total. The number of carbonyl (C=O) groups is 2. The third-order valence-electron chi connectivity index (χ3n) is 15.1. The summed E-state index contributed by atoms with van der Waals surface area (Å²) in [5, 5.41) is 11.8. The minimum absolute atomic E-state index is 0. The monoisotopic (exact) mass is 778 g/mol. The second-order valence-electron chi connectivity index (χ2n) is 20.0. The van der Waals surface area contributed by atoms with E-state index in [-0.39, 0.29) is 47.7 Å². The summed E-state index contributed by atoms with van der Waals surface area (Å²) in [6, 6.07) is 0. The standard InChI is InChI=1S/C46H80NO6.ClH/c1-7-8-9-10-11-12-13-14-15-16-17-18-19-20-29-51-37(33-47(4,5)6)31-43(49)53-46(50)28-27-44(2)36(32-46)21-22-38-40-24-23-39(35-30-42(48)52-34-35)45(40,3)26-25-41(38)44;/h30,36-41,50H,7-29,31-34H2,1-6H3;1H/q+1;/p-1/t36-,37?,38+,39-,40+,41+,44+,45-,46-;/m1./s1. The van der Waals surface area contributed by atoms with Crippen molar-refractivity contribution in [3.8, 4) is 0 Å². The van der Waals surface area contributed by atoms with Gasteiger partial charge in [-0.05, 0) is 97.4 Å². The van der Waals surface area contributed by atoms with E-state index in [1.807, 2.05) is 0 Å². The number of cyclic esters (lactones) is 1. The minimum Gasteiger partial charge on any atom is -1.00 e. The average molecular weight is 779 g/mol. The lowest BCUT2D eigenvalue weighted by molar-refractivity contribution is -0.873. The molecule has 1 heterocycles. The quantitative estimate of drug-likeness (QED) is 0.0537. The fourth-order valence-corrected chi connectivity index (χ4v) is 12.3. The Kier molecular flexibility index (Phi) is 17.3. The number of rotatable bonds is 22. The van der Waals surface area contributed by atoms with Crippen molar-refractivity contribution < 1.29 is 45.8 Å². The van der Waals surface area contributed by atoms with Crippen LogP contribution < -0.4 is 12.4 Å². The van der Waals surface area contributed by atoms with E-state index in [4.69, 9.17) is 14.2 Å². The Morgan fingerprint density at radius 2 is 1.44 bits per heavy atom. The maximum absolute atomic E-state index is 13.5. The highest BCUT2D eigenvalue weighted by Gasteiger charge is 2.62. The van der Waals surface area contributed by atoms with Gasteiger partial charge in [-0.1, -0.05) is 104 Å². The van der Waals surface area contributed by atoms with Crippen molar-refractivity contribution in [1.82, 2.24) is 0 Å². The van der Waals surface area contributed by atoms with Crippen LogP contribution in [0.2, 0.25) is 0 Å². The zero-order valence-corrected chi connectivity index (χ0v) is 36.2. The van der Waals surface area contributed by atoms with Crippen LogP contribution in [0.3, 0.4) is 0 Å². The maximum atomic E-state index is 13.5. The first kappa shape index (κ1) is 45.6. The number of hydrogen-bond acceptors (Lipinski definition) is 6. The lowest BCUT2D eigenvalue weighted by atomic mass is 9.44. The van der Waals surface area contributed by atoms with Gasteiger partial charge in [0, 0.05) is 25.5 Å². The maximum Gasteiger partial charge on any atom is 0.331 e. The van der Waals surface area contributed by atoms with Gasteiger partial charge in [-0.15, -0.1) is 0 Å². The molecule has 5 rings (SSSR count). The zero-order chi connectivity index (χ0) is 38.1. The Morgan fingerprint density at radius 1 is 0.833 bits per heavy atom. The molecule has 0 saturated heterocycles. The fourth-order valence-electron chi connectivity index (χ4n) is 12.3. The van der Waals surface area contributed by atoms with Crippen LogP contribution >= 0.6 is 0 Å². The molecule has 9 atom stereocenters. The van der Waals surface area contributed by atoms with Crippen molar-refractivity contribution in [3.63, 3.8) is 0 Å². The molecule has 0 radical (unpaired) electrons. The summed E-state index contributed by atoms with van der Waals surface area (Å²) in [6.07, 6.45) is 29.5. The van der Waals surface area contributed by atoms with Gasteiger partial charge in [0.25, 0.3) is 0 Å². The number of halogens is 1. The number of fused-ring (bicyclic) bond motifs is 5. The molecular formula is C46H80ClNO6. The van der Waals surface area contributed by atoms with Gasteiger partial charge in [0.15, 0.2) is 0 Å². The van der Waals surface area contributed by atoms with Crippen LogP contribution in [0, 0.1) is 40.4 Å². The Labute approximate surface area is 336 Å².